The smallest absolute Gasteiger partial charge is 0.251 e. The maximum absolute atomic E-state index is 13.1. The Bertz CT molecular complexity index is 825. The van der Waals surface area contributed by atoms with Crippen LogP contribution in [0.1, 0.15) is 15.9 Å². The first-order valence-corrected chi connectivity index (χ1v) is 7.69. The first-order chi connectivity index (χ1) is 11.4. The molecule has 0 radical (unpaired) electrons. The molecule has 5 nitrogen and oxygen atoms in total. The number of halogens is 2. The van der Waals surface area contributed by atoms with Gasteiger partial charge in [0.05, 0.1) is 22.9 Å². The van der Waals surface area contributed by atoms with Gasteiger partial charge in [0, 0.05) is 19.2 Å². The van der Waals surface area contributed by atoms with Crippen LogP contribution in [0.5, 0.6) is 0 Å². The Kier molecular flexibility index (Phi) is 4.40. The lowest BCUT2D eigenvalue weighted by Crippen LogP contribution is -2.35. The monoisotopic (exact) mass is 347 g/mol. The summed E-state index contributed by atoms with van der Waals surface area (Å²) >= 11 is 5.72. The minimum absolute atomic E-state index is 0.0151. The Hall–Kier alpha value is -2.60. The van der Waals surface area contributed by atoms with E-state index in [9.17, 15) is 14.0 Å². The average molecular weight is 348 g/mol. The molecule has 0 aromatic heterocycles. The zero-order valence-electron chi connectivity index (χ0n) is 12.9. The van der Waals surface area contributed by atoms with Crippen molar-refractivity contribution in [2.45, 2.75) is 6.54 Å². The average Bonchev–Trinajstić information content (AvgIpc) is 2.55. The van der Waals surface area contributed by atoms with Crippen molar-refractivity contribution in [2.75, 3.05) is 23.8 Å². The van der Waals surface area contributed by atoms with Crippen molar-refractivity contribution >= 4 is 34.8 Å². The zero-order chi connectivity index (χ0) is 17.3. The van der Waals surface area contributed by atoms with Gasteiger partial charge >= 0.3 is 0 Å². The van der Waals surface area contributed by atoms with Crippen LogP contribution in [0, 0.1) is 5.82 Å². The van der Waals surface area contributed by atoms with Crippen LogP contribution in [-0.2, 0) is 11.3 Å². The molecular weight excluding hydrogens is 333 g/mol. The highest BCUT2D eigenvalue weighted by Gasteiger charge is 2.20. The Morgan fingerprint density at radius 3 is 2.88 bits per heavy atom. The number of amides is 2. The first kappa shape index (κ1) is 16.3. The van der Waals surface area contributed by atoms with Crippen LogP contribution in [0.2, 0.25) is 5.02 Å². The SMILES string of the molecule is CN1CC(=O)Nc2cc(C(=O)NCc3ccc(F)c(Cl)c3)ccc21. The van der Waals surface area contributed by atoms with Gasteiger partial charge < -0.3 is 15.5 Å². The lowest BCUT2D eigenvalue weighted by Gasteiger charge is -2.27. The summed E-state index contributed by atoms with van der Waals surface area (Å²) in [4.78, 5) is 25.7. The van der Waals surface area contributed by atoms with Crippen molar-refractivity contribution in [3.05, 3.63) is 58.4 Å². The Morgan fingerprint density at radius 2 is 2.12 bits per heavy atom. The Balaban J connectivity index is 1.72. The van der Waals surface area contributed by atoms with Gasteiger partial charge in [-0.1, -0.05) is 17.7 Å². The minimum Gasteiger partial charge on any atom is -0.364 e. The van der Waals surface area contributed by atoms with Crippen molar-refractivity contribution < 1.29 is 14.0 Å². The van der Waals surface area contributed by atoms with E-state index < -0.39 is 5.82 Å². The zero-order valence-corrected chi connectivity index (χ0v) is 13.7. The molecule has 0 spiro atoms. The van der Waals surface area contributed by atoms with E-state index in [1.165, 1.54) is 12.1 Å². The molecule has 124 valence electrons. The molecule has 0 bridgehead atoms. The molecule has 3 rings (SSSR count). The highest BCUT2D eigenvalue weighted by atomic mass is 35.5. The predicted molar refractivity (Wildman–Crippen MR) is 90.9 cm³/mol. The summed E-state index contributed by atoms with van der Waals surface area (Å²) in [6.07, 6.45) is 0. The van der Waals surface area contributed by atoms with Gasteiger partial charge in [0.1, 0.15) is 5.82 Å². The maximum atomic E-state index is 13.1. The number of nitrogens with one attached hydrogen (secondary N) is 2. The van der Waals surface area contributed by atoms with Crippen molar-refractivity contribution in [2.24, 2.45) is 0 Å². The van der Waals surface area contributed by atoms with Crippen LogP contribution in [0.15, 0.2) is 36.4 Å². The van der Waals surface area contributed by atoms with E-state index in [0.29, 0.717) is 16.8 Å². The second-order valence-corrected chi connectivity index (χ2v) is 5.97. The largest absolute Gasteiger partial charge is 0.364 e. The number of carbonyl (C=O) groups excluding carboxylic acids is 2. The third-order valence-electron chi connectivity index (χ3n) is 3.76. The van der Waals surface area contributed by atoms with E-state index in [2.05, 4.69) is 10.6 Å². The molecular formula is C17H15ClFN3O2. The molecule has 2 amide bonds. The van der Waals surface area contributed by atoms with Gasteiger partial charge in [-0.05, 0) is 35.9 Å². The fourth-order valence-corrected chi connectivity index (χ4v) is 2.74. The van der Waals surface area contributed by atoms with Gasteiger partial charge in [0.15, 0.2) is 0 Å². The first-order valence-electron chi connectivity index (χ1n) is 7.31. The van der Waals surface area contributed by atoms with E-state index in [1.54, 1.807) is 24.3 Å². The van der Waals surface area contributed by atoms with Crippen LogP contribution in [0.3, 0.4) is 0 Å². The molecule has 0 fully saturated rings. The molecule has 1 aliphatic rings. The van der Waals surface area contributed by atoms with E-state index in [4.69, 9.17) is 11.6 Å². The van der Waals surface area contributed by atoms with E-state index >= 15 is 0 Å². The second-order valence-electron chi connectivity index (χ2n) is 5.57. The second kappa shape index (κ2) is 6.49. The molecule has 7 heteroatoms. The van der Waals surface area contributed by atoms with Gasteiger partial charge in [-0.25, -0.2) is 4.39 Å². The van der Waals surface area contributed by atoms with Crippen molar-refractivity contribution in [1.29, 1.82) is 0 Å². The molecule has 2 N–H and O–H groups in total. The summed E-state index contributed by atoms with van der Waals surface area (Å²) in [6, 6.07) is 9.41. The molecule has 0 unspecified atom stereocenters. The highest BCUT2D eigenvalue weighted by molar-refractivity contribution is 6.30. The topological polar surface area (TPSA) is 61.4 Å². The molecule has 0 aliphatic carbocycles. The lowest BCUT2D eigenvalue weighted by atomic mass is 10.1. The summed E-state index contributed by atoms with van der Waals surface area (Å²) in [5.74, 6) is -0.912. The summed E-state index contributed by atoms with van der Waals surface area (Å²) in [6.45, 7) is 0.506. The van der Waals surface area contributed by atoms with Gasteiger partial charge in [-0.3, -0.25) is 9.59 Å². The standard InChI is InChI=1S/C17H15ClFN3O2/c1-22-9-16(23)21-14-7-11(3-5-15(14)22)17(24)20-8-10-2-4-13(19)12(18)6-10/h2-7H,8-9H2,1H3,(H,20,24)(H,21,23). The van der Waals surface area contributed by atoms with Gasteiger partial charge in [-0.15, -0.1) is 0 Å². The molecule has 0 atom stereocenters. The Labute approximate surface area is 143 Å². The molecule has 1 heterocycles. The summed E-state index contributed by atoms with van der Waals surface area (Å²) in [5, 5.41) is 5.51. The van der Waals surface area contributed by atoms with E-state index in [0.717, 1.165) is 5.69 Å². The van der Waals surface area contributed by atoms with Crippen molar-refractivity contribution in [3.63, 3.8) is 0 Å². The Morgan fingerprint density at radius 1 is 1.33 bits per heavy atom. The normalized spacial score (nSPS) is 13.3. The van der Waals surface area contributed by atoms with Crippen LogP contribution in [0.4, 0.5) is 15.8 Å². The third-order valence-corrected chi connectivity index (χ3v) is 4.05. The highest BCUT2D eigenvalue weighted by Crippen LogP contribution is 2.29. The van der Waals surface area contributed by atoms with Gasteiger partial charge in [-0.2, -0.15) is 0 Å². The summed E-state index contributed by atoms with van der Waals surface area (Å²) in [7, 11) is 1.82. The maximum Gasteiger partial charge on any atom is 0.251 e. The van der Waals surface area contributed by atoms with Crippen LogP contribution < -0.4 is 15.5 Å². The number of benzene rings is 2. The van der Waals surface area contributed by atoms with Crippen molar-refractivity contribution in [1.82, 2.24) is 5.32 Å². The number of likely N-dealkylation sites (N-methyl/N-ethyl adjacent to an activating group) is 1. The predicted octanol–water partition coefficient (Wildman–Crippen LogP) is 2.80. The van der Waals surface area contributed by atoms with Crippen LogP contribution in [-0.4, -0.2) is 25.4 Å². The summed E-state index contributed by atoms with van der Waals surface area (Å²) < 4.78 is 13.1. The number of nitrogens with zero attached hydrogens (tertiary/aromatic N) is 1. The number of carbonyl (C=O) groups is 2. The minimum atomic E-state index is -0.499. The number of fused-ring (bicyclic) bond motifs is 1. The fourth-order valence-electron chi connectivity index (χ4n) is 2.53. The van der Waals surface area contributed by atoms with Crippen LogP contribution in [0.25, 0.3) is 0 Å². The lowest BCUT2D eigenvalue weighted by molar-refractivity contribution is -0.115. The fraction of sp³-hybridized carbons (Fsp3) is 0.176. The number of rotatable bonds is 3. The molecule has 2 aromatic carbocycles. The molecule has 0 saturated heterocycles. The van der Waals surface area contributed by atoms with E-state index in [1.807, 2.05) is 11.9 Å². The number of anilines is 2. The van der Waals surface area contributed by atoms with Crippen molar-refractivity contribution in [3.8, 4) is 0 Å². The van der Waals surface area contributed by atoms with E-state index in [-0.39, 0.29) is 29.9 Å². The van der Waals surface area contributed by atoms with Gasteiger partial charge in [0.25, 0.3) is 5.91 Å². The van der Waals surface area contributed by atoms with Crippen LogP contribution >= 0.6 is 11.6 Å². The quantitative estimate of drug-likeness (QED) is 0.897. The summed E-state index contributed by atoms with van der Waals surface area (Å²) in [5.41, 5.74) is 2.58. The molecule has 24 heavy (non-hydrogen) atoms. The molecule has 1 aliphatic heterocycles. The number of hydrogen-bond donors (Lipinski definition) is 2. The molecule has 0 saturated carbocycles. The molecule has 2 aromatic rings. The number of hydrogen-bond acceptors (Lipinski definition) is 3. The third kappa shape index (κ3) is 3.33. The van der Waals surface area contributed by atoms with Gasteiger partial charge in [0.2, 0.25) is 5.91 Å².